The minimum atomic E-state index is -0.230. The lowest BCUT2D eigenvalue weighted by Gasteiger charge is -2.09. The Kier molecular flexibility index (Phi) is 5.09. The largest absolute Gasteiger partial charge is 0.467 e. The lowest BCUT2D eigenvalue weighted by molar-refractivity contribution is 0.0945. The molecule has 2 N–H and O–H groups in total. The third-order valence-corrected chi connectivity index (χ3v) is 3.67. The van der Waals surface area contributed by atoms with Crippen LogP contribution in [0.15, 0.2) is 53.1 Å². The first-order chi connectivity index (χ1) is 12.1. The summed E-state index contributed by atoms with van der Waals surface area (Å²) in [5.41, 5.74) is 2.57. The molecule has 128 valence electrons. The second-order valence-electron chi connectivity index (χ2n) is 5.79. The van der Waals surface area contributed by atoms with Crippen molar-refractivity contribution in [1.82, 2.24) is 15.3 Å². The van der Waals surface area contributed by atoms with Gasteiger partial charge < -0.3 is 15.1 Å². The number of anilines is 1. The Labute approximate surface area is 146 Å². The number of nitrogens with zero attached hydrogens (tertiary/aromatic N) is 2. The zero-order valence-electron chi connectivity index (χ0n) is 14.2. The summed E-state index contributed by atoms with van der Waals surface area (Å²) in [6.45, 7) is 4.74. The molecule has 1 aromatic carbocycles. The van der Waals surface area contributed by atoms with Crippen molar-refractivity contribution in [3.05, 3.63) is 77.1 Å². The minimum Gasteiger partial charge on any atom is -0.467 e. The number of carbonyl (C=O) groups excluding carboxylic acids is 1. The summed E-state index contributed by atoms with van der Waals surface area (Å²) in [7, 11) is 0. The summed E-state index contributed by atoms with van der Waals surface area (Å²) in [4.78, 5) is 20.9. The van der Waals surface area contributed by atoms with Gasteiger partial charge in [-0.15, -0.1) is 0 Å². The fraction of sp³-hybridized carbons (Fsp3) is 0.211. The van der Waals surface area contributed by atoms with E-state index in [4.69, 9.17) is 4.42 Å². The zero-order valence-corrected chi connectivity index (χ0v) is 14.2. The van der Waals surface area contributed by atoms with Crippen LogP contribution < -0.4 is 10.6 Å². The SMILES string of the molecule is Cc1ccc(CNC(=O)c2cc(NCc3ccco3)nc(C)n2)cc1. The highest BCUT2D eigenvalue weighted by molar-refractivity contribution is 5.92. The molecule has 2 heterocycles. The molecule has 0 radical (unpaired) electrons. The second kappa shape index (κ2) is 7.61. The summed E-state index contributed by atoms with van der Waals surface area (Å²) >= 11 is 0. The topological polar surface area (TPSA) is 80.0 Å². The maximum atomic E-state index is 12.4. The molecule has 0 unspecified atom stereocenters. The van der Waals surface area contributed by atoms with Crippen molar-refractivity contribution in [2.45, 2.75) is 26.9 Å². The first-order valence-corrected chi connectivity index (χ1v) is 8.06. The van der Waals surface area contributed by atoms with Crippen LogP contribution >= 0.6 is 0 Å². The van der Waals surface area contributed by atoms with E-state index in [0.717, 1.165) is 11.3 Å². The average Bonchev–Trinajstić information content (AvgIpc) is 3.12. The van der Waals surface area contributed by atoms with Crippen molar-refractivity contribution in [3.8, 4) is 0 Å². The van der Waals surface area contributed by atoms with Gasteiger partial charge in [0, 0.05) is 12.6 Å². The summed E-state index contributed by atoms with van der Waals surface area (Å²) in [6.07, 6.45) is 1.62. The normalized spacial score (nSPS) is 10.5. The van der Waals surface area contributed by atoms with Crippen LogP contribution in [0, 0.1) is 13.8 Å². The first-order valence-electron chi connectivity index (χ1n) is 8.06. The fourth-order valence-corrected chi connectivity index (χ4v) is 2.34. The van der Waals surface area contributed by atoms with Crippen molar-refractivity contribution in [1.29, 1.82) is 0 Å². The quantitative estimate of drug-likeness (QED) is 0.722. The van der Waals surface area contributed by atoms with Gasteiger partial charge in [0.15, 0.2) is 0 Å². The molecule has 2 aromatic heterocycles. The van der Waals surface area contributed by atoms with Gasteiger partial charge in [0.1, 0.15) is 23.1 Å². The Hall–Kier alpha value is -3.15. The summed E-state index contributed by atoms with van der Waals surface area (Å²) in [6, 6.07) is 13.4. The van der Waals surface area contributed by atoms with E-state index in [9.17, 15) is 4.79 Å². The Morgan fingerprint density at radius 3 is 2.60 bits per heavy atom. The smallest absolute Gasteiger partial charge is 0.270 e. The molecule has 3 rings (SSSR count). The number of rotatable bonds is 6. The van der Waals surface area contributed by atoms with Crippen LogP contribution in [0.1, 0.15) is 33.2 Å². The first kappa shape index (κ1) is 16.7. The maximum absolute atomic E-state index is 12.4. The lowest BCUT2D eigenvalue weighted by atomic mass is 10.1. The number of furan rings is 1. The molecule has 6 nitrogen and oxygen atoms in total. The lowest BCUT2D eigenvalue weighted by Crippen LogP contribution is -2.24. The van der Waals surface area contributed by atoms with Gasteiger partial charge in [0.05, 0.1) is 12.8 Å². The monoisotopic (exact) mass is 336 g/mol. The molecule has 1 amide bonds. The molecule has 25 heavy (non-hydrogen) atoms. The average molecular weight is 336 g/mol. The van der Waals surface area contributed by atoms with E-state index >= 15 is 0 Å². The number of nitrogens with one attached hydrogen (secondary N) is 2. The molecule has 3 aromatic rings. The van der Waals surface area contributed by atoms with Crippen LogP contribution in [0.5, 0.6) is 0 Å². The number of benzene rings is 1. The summed E-state index contributed by atoms with van der Waals surface area (Å²) in [5, 5.41) is 6.02. The molecule has 6 heteroatoms. The van der Waals surface area contributed by atoms with E-state index < -0.39 is 0 Å². The third-order valence-electron chi connectivity index (χ3n) is 3.67. The van der Waals surface area contributed by atoms with Crippen LogP contribution in [0.25, 0.3) is 0 Å². The Morgan fingerprint density at radius 1 is 1.08 bits per heavy atom. The van der Waals surface area contributed by atoms with Gasteiger partial charge in [-0.25, -0.2) is 9.97 Å². The fourth-order valence-electron chi connectivity index (χ4n) is 2.34. The van der Waals surface area contributed by atoms with E-state index in [0.29, 0.717) is 30.4 Å². The van der Waals surface area contributed by atoms with Crippen molar-refractivity contribution in [2.75, 3.05) is 5.32 Å². The van der Waals surface area contributed by atoms with E-state index in [-0.39, 0.29) is 5.91 Å². The van der Waals surface area contributed by atoms with Gasteiger partial charge in [0.2, 0.25) is 0 Å². The van der Waals surface area contributed by atoms with Crippen LogP contribution in [-0.2, 0) is 13.1 Å². The molecule has 0 aliphatic rings. The van der Waals surface area contributed by atoms with Gasteiger partial charge in [0.25, 0.3) is 5.91 Å². The van der Waals surface area contributed by atoms with Gasteiger partial charge in [-0.3, -0.25) is 4.79 Å². The van der Waals surface area contributed by atoms with Gasteiger partial charge >= 0.3 is 0 Å². The molecule has 0 saturated carbocycles. The molecule has 0 aliphatic heterocycles. The number of aryl methyl sites for hydroxylation is 2. The molecule has 0 atom stereocenters. The third kappa shape index (κ3) is 4.67. The molecule has 0 saturated heterocycles. The predicted octanol–water partition coefficient (Wildman–Crippen LogP) is 3.23. The molecular formula is C19H20N4O2. The van der Waals surface area contributed by atoms with Crippen molar-refractivity contribution in [3.63, 3.8) is 0 Å². The number of carbonyl (C=O) groups is 1. The highest BCUT2D eigenvalue weighted by atomic mass is 16.3. The van der Waals surface area contributed by atoms with E-state index in [1.165, 1.54) is 5.56 Å². The van der Waals surface area contributed by atoms with Crippen LogP contribution in [-0.4, -0.2) is 15.9 Å². The number of hydrogen-bond donors (Lipinski definition) is 2. The highest BCUT2D eigenvalue weighted by Crippen LogP contribution is 2.10. The van der Waals surface area contributed by atoms with Crippen LogP contribution in [0.3, 0.4) is 0 Å². The predicted molar refractivity (Wildman–Crippen MR) is 95.2 cm³/mol. The zero-order chi connectivity index (χ0) is 17.6. The van der Waals surface area contributed by atoms with Gasteiger partial charge in [-0.1, -0.05) is 29.8 Å². The molecule has 0 spiro atoms. The Bertz CT molecular complexity index is 842. The summed E-state index contributed by atoms with van der Waals surface area (Å²) in [5.74, 6) is 1.68. The standard InChI is InChI=1S/C19H20N4O2/c1-13-5-7-15(8-6-13)11-21-19(24)17-10-18(23-14(2)22-17)20-12-16-4-3-9-25-16/h3-10H,11-12H2,1-2H3,(H,21,24)(H,20,22,23). The molecule has 0 aliphatic carbocycles. The Morgan fingerprint density at radius 2 is 1.88 bits per heavy atom. The second-order valence-corrected chi connectivity index (χ2v) is 5.79. The van der Waals surface area contributed by atoms with E-state index in [2.05, 4.69) is 20.6 Å². The van der Waals surface area contributed by atoms with Gasteiger partial charge in [-0.2, -0.15) is 0 Å². The van der Waals surface area contributed by atoms with Crippen LogP contribution in [0.4, 0.5) is 5.82 Å². The van der Waals surface area contributed by atoms with Crippen molar-refractivity contribution in [2.24, 2.45) is 0 Å². The summed E-state index contributed by atoms with van der Waals surface area (Å²) < 4.78 is 5.27. The Balaban J connectivity index is 1.64. The van der Waals surface area contributed by atoms with Gasteiger partial charge in [-0.05, 0) is 31.5 Å². The number of aromatic nitrogens is 2. The van der Waals surface area contributed by atoms with Crippen molar-refractivity contribution < 1.29 is 9.21 Å². The molecular weight excluding hydrogens is 316 g/mol. The van der Waals surface area contributed by atoms with Crippen LogP contribution in [0.2, 0.25) is 0 Å². The number of hydrogen-bond acceptors (Lipinski definition) is 5. The van der Waals surface area contributed by atoms with E-state index in [1.807, 2.05) is 43.3 Å². The maximum Gasteiger partial charge on any atom is 0.270 e. The molecule has 0 bridgehead atoms. The number of amides is 1. The molecule has 0 fully saturated rings. The van der Waals surface area contributed by atoms with Crippen molar-refractivity contribution >= 4 is 11.7 Å². The minimum absolute atomic E-state index is 0.230. The highest BCUT2D eigenvalue weighted by Gasteiger charge is 2.10. The van der Waals surface area contributed by atoms with E-state index in [1.54, 1.807) is 19.3 Å².